The first-order valence-electron chi connectivity index (χ1n) is 9.26. The maximum absolute atomic E-state index is 6.11. The number of aromatic nitrogens is 2. The Morgan fingerprint density at radius 1 is 1.20 bits per heavy atom. The van der Waals surface area contributed by atoms with Crippen LogP contribution >= 0.6 is 0 Å². The standard InChI is InChI=1S/C19H29N5O/c1-3-15-13-23(9-10-24(15)11-12-25-4-2)14-18-21-17-8-6-5-7-16(17)19(20)22-18/h5-8,15H,3-4,9-14H2,1-2H3,(H2,20,21,22)/t15-/m1/s1. The lowest BCUT2D eigenvalue weighted by atomic mass is 10.1. The summed E-state index contributed by atoms with van der Waals surface area (Å²) in [6.07, 6.45) is 1.14. The quantitative estimate of drug-likeness (QED) is 0.777. The number of nitrogen functional groups attached to an aromatic ring is 1. The molecule has 0 spiro atoms. The van der Waals surface area contributed by atoms with Gasteiger partial charge in [-0.05, 0) is 25.5 Å². The number of hydrogen-bond donors (Lipinski definition) is 1. The Labute approximate surface area is 150 Å². The minimum atomic E-state index is 0.562. The van der Waals surface area contributed by atoms with Gasteiger partial charge in [-0.3, -0.25) is 9.80 Å². The van der Waals surface area contributed by atoms with E-state index in [1.54, 1.807) is 0 Å². The van der Waals surface area contributed by atoms with E-state index in [1.807, 2.05) is 31.2 Å². The summed E-state index contributed by atoms with van der Waals surface area (Å²) in [7, 11) is 0. The van der Waals surface area contributed by atoms with Gasteiger partial charge in [-0.25, -0.2) is 9.97 Å². The molecule has 0 unspecified atom stereocenters. The van der Waals surface area contributed by atoms with Gasteiger partial charge in [0.2, 0.25) is 0 Å². The van der Waals surface area contributed by atoms with Crippen LogP contribution in [0.2, 0.25) is 0 Å². The number of fused-ring (bicyclic) bond motifs is 1. The lowest BCUT2D eigenvalue weighted by Gasteiger charge is -2.41. The predicted molar refractivity (Wildman–Crippen MR) is 101 cm³/mol. The van der Waals surface area contributed by atoms with Crippen LogP contribution in [0, 0.1) is 0 Å². The maximum atomic E-state index is 6.11. The van der Waals surface area contributed by atoms with Crippen molar-refractivity contribution in [3.8, 4) is 0 Å². The minimum Gasteiger partial charge on any atom is -0.383 e. The Morgan fingerprint density at radius 2 is 2.04 bits per heavy atom. The normalized spacial score (nSPS) is 19.5. The number of nitrogens with two attached hydrogens (primary N) is 1. The van der Waals surface area contributed by atoms with Crippen molar-refractivity contribution in [2.24, 2.45) is 0 Å². The van der Waals surface area contributed by atoms with Gasteiger partial charge in [-0.1, -0.05) is 19.1 Å². The fraction of sp³-hybridized carbons (Fsp3) is 0.579. The van der Waals surface area contributed by atoms with Crippen LogP contribution in [0.25, 0.3) is 10.9 Å². The molecule has 136 valence electrons. The van der Waals surface area contributed by atoms with E-state index in [9.17, 15) is 0 Å². The molecule has 0 amide bonds. The molecule has 1 saturated heterocycles. The second-order valence-corrected chi connectivity index (χ2v) is 6.57. The van der Waals surface area contributed by atoms with E-state index >= 15 is 0 Å². The molecule has 0 bridgehead atoms. The maximum Gasteiger partial charge on any atom is 0.145 e. The largest absolute Gasteiger partial charge is 0.383 e. The summed E-state index contributed by atoms with van der Waals surface area (Å²) in [4.78, 5) is 14.2. The number of hydrogen-bond acceptors (Lipinski definition) is 6. The number of nitrogens with zero attached hydrogens (tertiary/aromatic N) is 4. The van der Waals surface area contributed by atoms with Crippen LogP contribution in [-0.2, 0) is 11.3 Å². The molecule has 1 aliphatic rings. The summed E-state index contributed by atoms with van der Waals surface area (Å²) in [5.74, 6) is 1.39. The number of piperazine rings is 1. The second-order valence-electron chi connectivity index (χ2n) is 6.57. The van der Waals surface area contributed by atoms with Crippen molar-refractivity contribution in [2.75, 3.05) is 45.1 Å². The summed E-state index contributed by atoms with van der Waals surface area (Å²) in [6.45, 7) is 10.8. The topological polar surface area (TPSA) is 67.5 Å². The molecular formula is C19H29N5O. The second kappa shape index (κ2) is 8.56. The average Bonchev–Trinajstić information content (AvgIpc) is 2.63. The Bertz CT molecular complexity index is 693. The Kier molecular flexibility index (Phi) is 6.18. The lowest BCUT2D eigenvalue weighted by Crippen LogP contribution is -2.53. The highest BCUT2D eigenvalue weighted by atomic mass is 16.5. The third-order valence-corrected chi connectivity index (χ3v) is 4.93. The van der Waals surface area contributed by atoms with E-state index in [4.69, 9.17) is 15.5 Å². The zero-order valence-electron chi connectivity index (χ0n) is 15.3. The van der Waals surface area contributed by atoms with E-state index in [0.717, 1.165) is 69.1 Å². The van der Waals surface area contributed by atoms with E-state index < -0.39 is 0 Å². The van der Waals surface area contributed by atoms with Crippen molar-refractivity contribution in [1.29, 1.82) is 0 Å². The highest BCUT2D eigenvalue weighted by molar-refractivity contribution is 5.87. The van der Waals surface area contributed by atoms with Gasteiger partial charge in [-0.15, -0.1) is 0 Å². The molecule has 1 fully saturated rings. The molecule has 0 radical (unpaired) electrons. The van der Waals surface area contributed by atoms with Gasteiger partial charge in [-0.2, -0.15) is 0 Å². The van der Waals surface area contributed by atoms with E-state index in [0.29, 0.717) is 11.9 Å². The molecule has 6 nitrogen and oxygen atoms in total. The first-order valence-corrected chi connectivity index (χ1v) is 9.26. The summed E-state index contributed by atoms with van der Waals surface area (Å²) in [5, 5.41) is 0.929. The molecule has 1 aromatic carbocycles. The smallest absolute Gasteiger partial charge is 0.145 e. The van der Waals surface area contributed by atoms with Crippen LogP contribution in [-0.4, -0.2) is 65.2 Å². The Hall–Kier alpha value is -1.76. The molecule has 0 aliphatic carbocycles. The number of ether oxygens (including phenoxy) is 1. The van der Waals surface area contributed by atoms with Crippen molar-refractivity contribution in [2.45, 2.75) is 32.9 Å². The van der Waals surface area contributed by atoms with Crippen molar-refractivity contribution < 1.29 is 4.74 Å². The van der Waals surface area contributed by atoms with Crippen LogP contribution < -0.4 is 5.73 Å². The molecule has 0 saturated carbocycles. The first-order chi connectivity index (χ1) is 12.2. The monoisotopic (exact) mass is 343 g/mol. The Morgan fingerprint density at radius 3 is 2.84 bits per heavy atom. The van der Waals surface area contributed by atoms with Gasteiger partial charge in [0.05, 0.1) is 18.7 Å². The van der Waals surface area contributed by atoms with Crippen molar-refractivity contribution in [3.05, 3.63) is 30.1 Å². The lowest BCUT2D eigenvalue weighted by molar-refractivity contribution is 0.0377. The zero-order chi connectivity index (χ0) is 17.6. The third kappa shape index (κ3) is 4.45. The molecule has 1 aromatic heterocycles. The molecule has 2 aromatic rings. The predicted octanol–water partition coefficient (Wildman–Crippen LogP) is 2.14. The summed E-state index contributed by atoms with van der Waals surface area (Å²) >= 11 is 0. The van der Waals surface area contributed by atoms with E-state index in [2.05, 4.69) is 21.7 Å². The Balaban J connectivity index is 1.64. The van der Waals surface area contributed by atoms with Gasteiger partial charge < -0.3 is 10.5 Å². The van der Waals surface area contributed by atoms with Gasteiger partial charge in [0.1, 0.15) is 11.6 Å². The van der Waals surface area contributed by atoms with Crippen LogP contribution in [0.15, 0.2) is 24.3 Å². The fourth-order valence-corrected chi connectivity index (χ4v) is 3.53. The number of rotatable bonds is 7. The van der Waals surface area contributed by atoms with Crippen LogP contribution in [0.4, 0.5) is 5.82 Å². The molecule has 6 heteroatoms. The molecule has 1 aliphatic heterocycles. The van der Waals surface area contributed by atoms with Crippen molar-refractivity contribution in [1.82, 2.24) is 19.8 Å². The van der Waals surface area contributed by atoms with Crippen LogP contribution in [0.5, 0.6) is 0 Å². The van der Waals surface area contributed by atoms with Crippen molar-refractivity contribution in [3.63, 3.8) is 0 Å². The molecule has 25 heavy (non-hydrogen) atoms. The molecule has 1 atom stereocenters. The molecular weight excluding hydrogens is 314 g/mol. The number of benzene rings is 1. The van der Waals surface area contributed by atoms with E-state index in [-0.39, 0.29) is 0 Å². The zero-order valence-corrected chi connectivity index (χ0v) is 15.3. The van der Waals surface area contributed by atoms with Gasteiger partial charge in [0.25, 0.3) is 0 Å². The van der Waals surface area contributed by atoms with E-state index in [1.165, 1.54) is 0 Å². The molecule has 2 N–H and O–H groups in total. The minimum absolute atomic E-state index is 0.562. The number of anilines is 1. The third-order valence-electron chi connectivity index (χ3n) is 4.93. The number of para-hydroxylation sites is 1. The highest BCUT2D eigenvalue weighted by Gasteiger charge is 2.26. The first kappa shape index (κ1) is 18.0. The highest BCUT2D eigenvalue weighted by Crippen LogP contribution is 2.19. The van der Waals surface area contributed by atoms with Gasteiger partial charge >= 0.3 is 0 Å². The van der Waals surface area contributed by atoms with Crippen molar-refractivity contribution >= 4 is 16.7 Å². The SMILES string of the molecule is CCOCCN1CCN(Cc2nc(N)c3ccccc3n2)C[C@H]1CC. The van der Waals surface area contributed by atoms with Gasteiger partial charge in [0, 0.05) is 44.2 Å². The average molecular weight is 343 g/mol. The summed E-state index contributed by atoms with van der Waals surface area (Å²) in [5.41, 5.74) is 7.04. The molecule has 3 rings (SSSR count). The van der Waals surface area contributed by atoms with Crippen LogP contribution in [0.3, 0.4) is 0 Å². The summed E-state index contributed by atoms with van der Waals surface area (Å²) < 4.78 is 5.52. The molecule has 2 heterocycles. The van der Waals surface area contributed by atoms with Gasteiger partial charge in [0.15, 0.2) is 0 Å². The van der Waals surface area contributed by atoms with Crippen LogP contribution in [0.1, 0.15) is 26.1 Å². The summed E-state index contributed by atoms with van der Waals surface area (Å²) in [6, 6.07) is 8.49. The fourth-order valence-electron chi connectivity index (χ4n) is 3.53.